The van der Waals surface area contributed by atoms with Gasteiger partial charge in [0.05, 0.1) is 13.5 Å². The van der Waals surface area contributed by atoms with Crippen molar-refractivity contribution in [2.24, 2.45) is 11.8 Å². The van der Waals surface area contributed by atoms with Gasteiger partial charge in [-0.1, -0.05) is 20.8 Å². The second-order valence-corrected chi connectivity index (χ2v) is 4.12. The Balaban J connectivity index is 4.04. The van der Waals surface area contributed by atoms with Crippen LogP contribution in [-0.4, -0.2) is 37.5 Å². The number of amides is 1. The molecule has 0 spiro atoms. The molecule has 0 aliphatic heterocycles. The Morgan fingerprint density at radius 2 is 1.80 bits per heavy atom. The zero-order valence-corrected chi connectivity index (χ0v) is 10.2. The zero-order chi connectivity index (χ0) is 12.0. The van der Waals surface area contributed by atoms with Crippen LogP contribution in [0.25, 0.3) is 0 Å². The molecule has 0 aliphatic carbocycles. The Morgan fingerprint density at radius 3 is 2.20 bits per heavy atom. The molecule has 0 aliphatic rings. The van der Waals surface area contributed by atoms with E-state index in [-0.39, 0.29) is 24.2 Å². The van der Waals surface area contributed by atoms with Gasteiger partial charge in [0.2, 0.25) is 5.91 Å². The number of nitrogens with zero attached hydrogens (tertiary/aromatic N) is 1. The lowest BCUT2D eigenvalue weighted by Crippen LogP contribution is -2.35. The quantitative estimate of drug-likeness (QED) is 0.649. The summed E-state index contributed by atoms with van der Waals surface area (Å²) < 4.78 is 4.51. The molecular formula is C11H21NO3. The second kappa shape index (κ2) is 6.43. The number of rotatable bonds is 5. The Bertz CT molecular complexity index is 226. The number of esters is 1. The van der Waals surface area contributed by atoms with Gasteiger partial charge in [0.25, 0.3) is 0 Å². The van der Waals surface area contributed by atoms with E-state index in [1.165, 1.54) is 7.11 Å². The highest BCUT2D eigenvalue weighted by Crippen LogP contribution is 2.12. The molecule has 4 heteroatoms. The molecule has 15 heavy (non-hydrogen) atoms. The Morgan fingerprint density at radius 1 is 1.27 bits per heavy atom. The molecule has 0 aromatic heterocycles. The maximum atomic E-state index is 11.8. The first-order valence-corrected chi connectivity index (χ1v) is 5.22. The van der Waals surface area contributed by atoms with Crippen molar-refractivity contribution in [3.05, 3.63) is 0 Å². The number of carbonyl (C=O) groups is 2. The Kier molecular flexibility index (Phi) is 5.97. The molecule has 0 bridgehead atoms. The lowest BCUT2D eigenvalue weighted by Gasteiger charge is -2.23. The molecule has 0 rings (SSSR count). The predicted molar refractivity (Wildman–Crippen MR) is 58.3 cm³/mol. The van der Waals surface area contributed by atoms with Crippen molar-refractivity contribution >= 4 is 11.9 Å². The number of carbonyl (C=O) groups excluding carboxylic acids is 2. The van der Waals surface area contributed by atoms with E-state index in [0.29, 0.717) is 12.5 Å². The van der Waals surface area contributed by atoms with E-state index in [9.17, 15) is 9.59 Å². The molecule has 1 amide bonds. The van der Waals surface area contributed by atoms with Crippen molar-refractivity contribution in [3.8, 4) is 0 Å². The number of methoxy groups -OCH3 is 1. The lowest BCUT2D eigenvalue weighted by molar-refractivity contribution is -0.142. The highest BCUT2D eigenvalue weighted by molar-refractivity contribution is 5.79. The molecule has 0 radical (unpaired) electrons. The van der Waals surface area contributed by atoms with Crippen LogP contribution < -0.4 is 0 Å². The third kappa shape index (κ3) is 4.81. The fourth-order valence-electron chi connectivity index (χ4n) is 1.10. The van der Waals surface area contributed by atoms with Gasteiger partial charge in [-0.25, -0.2) is 0 Å². The summed E-state index contributed by atoms with van der Waals surface area (Å²) in [5.74, 6) is 0.103. The number of hydrogen-bond donors (Lipinski definition) is 0. The van der Waals surface area contributed by atoms with Gasteiger partial charge >= 0.3 is 5.97 Å². The second-order valence-electron chi connectivity index (χ2n) is 4.12. The SMILES string of the molecule is COC(=O)CCN(C)C(=O)C(C)C(C)C. The maximum absolute atomic E-state index is 11.8. The van der Waals surface area contributed by atoms with E-state index in [1.807, 2.05) is 20.8 Å². The van der Waals surface area contributed by atoms with E-state index in [2.05, 4.69) is 4.74 Å². The molecule has 0 N–H and O–H groups in total. The van der Waals surface area contributed by atoms with E-state index in [0.717, 1.165) is 0 Å². The smallest absolute Gasteiger partial charge is 0.307 e. The lowest BCUT2D eigenvalue weighted by atomic mass is 9.97. The average Bonchev–Trinajstić information content (AvgIpc) is 2.22. The highest BCUT2D eigenvalue weighted by atomic mass is 16.5. The van der Waals surface area contributed by atoms with Crippen LogP contribution in [0.5, 0.6) is 0 Å². The van der Waals surface area contributed by atoms with Crippen LogP contribution in [0.3, 0.4) is 0 Å². The molecule has 1 unspecified atom stereocenters. The fourth-order valence-corrected chi connectivity index (χ4v) is 1.10. The summed E-state index contributed by atoms with van der Waals surface area (Å²) >= 11 is 0. The van der Waals surface area contributed by atoms with Crippen LogP contribution in [0.1, 0.15) is 27.2 Å². The van der Waals surface area contributed by atoms with Gasteiger partial charge in [-0.2, -0.15) is 0 Å². The molecule has 1 atom stereocenters. The van der Waals surface area contributed by atoms with Crippen molar-refractivity contribution in [1.82, 2.24) is 4.90 Å². The monoisotopic (exact) mass is 215 g/mol. The summed E-state index contributed by atoms with van der Waals surface area (Å²) in [6.07, 6.45) is 0.254. The maximum Gasteiger partial charge on any atom is 0.307 e. The molecule has 0 fully saturated rings. The summed E-state index contributed by atoms with van der Waals surface area (Å²) in [5.41, 5.74) is 0. The molecular weight excluding hydrogens is 194 g/mol. The summed E-state index contributed by atoms with van der Waals surface area (Å²) in [7, 11) is 3.06. The summed E-state index contributed by atoms with van der Waals surface area (Å²) in [6, 6.07) is 0. The van der Waals surface area contributed by atoms with Crippen LogP contribution >= 0.6 is 0 Å². The average molecular weight is 215 g/mol. The van der Waals surface area contributed by atoms with Crippen molar-refractivity contribution in [2.45, 2.75) is 27.2 Å². The van der Waals surface area contributed by atoms with E-state index < -0.39 is 0 Å². The summed E-state index contributed by atoms with van der Waals surface area (Å²) in [5, 5.41) is 0. The number of ether oxygens (including phenoxy) is 1. The minimum absolute atomic E-state index is 0.00681. The van der Waals surface area contributed by atoms with Crippen molar-refractivity contribution in [2.75, 3.05) is 20.7 Å². The van der Waals surface area contributed by atoms with Crippen LogP contribution in [0, 0.1) is 11.8 Å². The van der Waals surface area contributed by atoms with E-state index in [1.54, 1.807) is 11.9 Å². The molecule has 4 nitrogen and oxygen atoms in total. The standard InChI is InChI=1S/C11H21NO3/c1-8(2)9(3)11(14)12(4)7-6-10(13)15-5/h8-9H,6-7H2,1-5H3. The first-order chi connectivity index (χ1) is 6.90. The van der Waals surface area contributed by atoms with Gasteiger partial charge in [0.1, 0.15) is 0 Å². The van der Waals surface area contributed by atoms with Gasteiger partial charge in [0.15, 0.2) is 0 Å². The molecule has 0 saturated carbocycles. The molecule has 0 saturated heterocycles. The molecule has 88 valence electrons. The summed E-state index contributed by atoms with van der Waals surface area (Å²) in [4.78, 5) is 24.2. The van der Waals surface area contributed by atoms with Crippen LogP contribution in [0.4, 0.5) is 0 Å². The Labute approximate surface area is 91.6 Å². The van der Waals surface area contributed by atoms with Crippen molar-refractivity contribution in [1.29, 1.82) is 0 Å². The van der Waals surface area contributed by atoms with Gasteiger partial charge in [0, 0.05) is 19.5 Å². The topological polar surface area (TPSA) is 46.6 Å². The third-order valence-electron chi connectivity index (χ3n) is 2.64. The minimum Gasteiger partial charge on any atom is -0.469 e. The first-order valence-electron chi connectivity index (χ1n) is 5.22. The normalized spacial score (nSPS) is 12.4. The van der Waals surface area contributed by atoms with Gasteiger partial charge < -0.3 is 9.64 Å². The van der Waals surface area contributed by atoms with Gasteiger partial charge in [-0.05, 0) is 5.92 Å². The zero-order valence-electron chi connectivity index (χ0n) is 10.2. The minimum atomic E-state index is -0.285. The molecule has 0 heterocycles. The van der Waals surface area contributed by atoms with E-state index >= 15 is 0 Å². The molecule has 0 aromatic carbocycles. The van der Waals surface area contributed by atoms with Gasteiger partial charge in [-0.15, -0.1) is 0 Å². The highest BCUT2D eigenvalue weighted by Gasteiger charge is 2.20. The van der Waals surface area contributed by atoms with Crippen LogP contribution in [0.15, 0.2) is 0 Å². The molecule has 0 aromatic rings. The fraction of sp³-hybridized carbons (Fsp3) is 0.818. The Hall–Kier alpha value is -1.06. The van der Waals surface area contributed by atoms with Gasteiger partial charge in [-0.3, -0.25) is 9.59 Å². The first kappa shape index (κ1) is 13.9. The summed E-state index contributed by atoms with van der Waals surface area (Å²) in [6.45, 7) is 6.34. The van der Waals surface area contributed by atoms with E-state index in [4.69, 9.17) is 0 Å². The van der Waals surface area contributed by atoms with Crippen LogP contribution in [0.2, 0.25) is 0 Å². The van der Waals surface area contributed by atoms with Crippen molar-refractivity contribution in [3.63, 3.8) is 0 Å². The van der Waals surface area contributed by atoms with Crippen LogP contribution in [-0.2, 0) is 14.3 Å². The predicted octanol–water partition coefficient (Wildman–Crippen LogP) is 1.30. The van der Waals surface area contributed by atoms with Crippen molar-refractivity contribution < 1.29 is 14.3 Å². The largest absolute Gasteiger partial charge is 0.469 e. The third-order valence-corrected chi connectivity index (χ3v) is 2.64. The number of hydrogen-bond acceptors (Lipinski definition) is 3.